The molecule has 0 bridgehead atoms. The van der Waals surface area contributed by atoms with Gasteiger partial charge in [-0.3, -0.25) is 0 Å². The molecule has 1 atom stereocenters. The highest BCUT2D eigenvalue weighted by Crippen LogP contribution is 2.26. The van der Waals surface area contributed by atoms with Crippen LogP contribution >= 0.6 is 11.8 Å². The zero-order chi connectivity index (χ0) is 11.9. The van der Waals surface area contributed by atoms with Crippen molar-refractivity contribution >= 4 is 11.8 Å². The van der Waals surface area contributed by atoms with Crippen LogP contribution in [0.3, 0.4) is 0 Å². The van der Waals surface area contributed by atoms with Crippen molar-refractivity contribution in [3.05, 3.63) is 0 Å². The van der Waals surface area contributed by atoms with Crippen LogP contribution in [0.2, 0.25) is 0 Å². The second-order valence-corrected chi connectivity index (χ2v) is 5.31. The van der Waals surface area contributed by atoms with Gasteiger partial charge in [-0.1, -0.05) is 18.7 Å². The third-order valence-electron chi connectivity index (χ3n) is 2.59. The summed E-state index contributed by atoms with van der Waals surface area (Å²) in [5, 5.41) is 16.6. The smallest absolute Gasteiger partial charge is 0.209 e. The third kappa shape index (κ3) is 3.93. The summed E-state index contributed by atoms with van der Waals surface area (Å²) >= 11 is 1.72. The molecule has 0 spiro atoms. The lowest BCUT2D eigenvalue weighted by Crippen LogP contribution is -2.21. The van der Waals surface area contributed by atoms with Crippen LogP contribution in [0.5, 0.6) is 0 Å². The second kappa shape index (κ2) is 6.93. The maximum Gasteiger partial charge on any atom is 0.209 e. The molecule has 6 nitrogen and oxygen atoms in total. The second-order valence-electron chi connectivity index (χ2n) is 4.04. The summed E-state index contributed by atoms with van der Waals surface area (Å²) in [4.78, 5) is 0. The first-order valence-electron chi connectivity index (χ1n) is 6.11. The molecule has 2 rings (SSSR count). The number of thioether (sulfide) groups is 1. The van der Waals surface area contributed by atoms with Gasteiger partial charge in [-0.2, -0.15) is 0 Å². The number of hydrogen-bond donors (Lipinski definition) is 1. The van der Waals surface area contributed by atoms with Gasteiger partial charge < -0.3 is 10.1 Å². The van der Waals surface area contributed by atoms with Crippen molar-refractivity contribution in [2.24, 2.45) is 0 Å². The summed E-state index contributed by atoms with van der Waals surface area (Å²) in [6.07, 6.45) is 2.24. The van der Waals surface area contributed by atoms with E-state index in [1.807, 2.05) is 4.68 Å². The highest BCUT2D eigenvalue weighted by Gasteiger charge is 2.20. The standard InChI is InChI=1S/C10H19N5OS/c1-2-4-11-5-6-15-10(12-13-14-15)17-9-3-7-16-8-9/h9,11H,2-8H2,1H3. The van der Waals surface area contributed by atoms with Crippen LogP contribution in [0.1, 0.15) is 19.8 Å². The number of ether oxygens (including phenoxy) is 1. The van der Waals surface area contributed by atoms with E-state index >= 15 is 0 Å². The van der Waals surface area contributed by atoms with Gasteiger partial charge in [-0.25, -0.2) is 4.68 Å². The molecule has 1 aromatic heterocycles. The molecule has 0 aromatic carbocycles. The normalized spacial score (nSPS) is 19.9. The van der Waals surface area contributed by atoms with Crippen LogP contribution in [0.15, 0.2) is 5.16 Å². The van der Waals surface area contributed by atoms with Crippen molar-refractivity contribution in [1.82, 2.24) is 25.5 Å². The van der Waals surface area contributed by atoms with Gasteiger partial charge in [-0.05, 0) is 29.8 Å². The summed E-state index contributed by atoms with van der Waals surface area (Å²) < 4.78 is 7.21. The van der Waals surface area contributed by atoms with Gasteiger partial charge in [0.1, 0.15) is 0 Å². The molecule has 2 heterocycles. The largest absolute Gasteiger partial charge is 0.380 e. The van der Waals surface area contributed by atoms with E-state index in [2.05, 4.69) is 27.8 Å². The topological polar surface area (TPSA) is 64.9 Å². The number of aromatic nitrogens is 4. The molecule has 1 aliphatic rings. The quantitative estimate of drug-likeness (QED) is 0.720. The zero-order valence-corrected chi connectivity index (χ0v) is 10.9. The van der Waals surface area contributed by atoms with Gasteiger partial charge in [0.2, 0.25) is 5.16 Å². The van der Waals surface area contributed by atoms with Crippen LogP contribution in [0, 0.1) is 0 Å². The number of tetrazole rings is 1. The summed E-state index contributed by atoms with van der Waals surface area (Å²) in [6, 6.07) is 0. The minimum atomic E-state index is 0.503. The van der Waals surface area contributed by atoms with Crippen LogP contribution in [0.25, 0.3) is 0 Å². The lowest BCUT2D eigenvalue weighted by molar-refractivity contribution is 0.199. The summed E-state index contributed by atoms with van der Waals surface area (Å²) in [6.45, 7) is 6.60. The van der Waals surface area contributed by atoms with Crippen molar-refractivity contribution in [2.45, 2.75) is 36.7 Å². The molecule has 0 aliphatic carbocycles. The van der Waals surface area contributed by atoms with Crippen molar-refractivity contribution in [1.29, 1.82) is 0 Å². The lowest BCUT2D eigenvalue weighted by Gasteiger charge is -2.07. The Hall–Kier alpha value is -0.660. The molecule has 17 heavy (non-hydrogen) atoms. The highest BCUT2D eigenvalue weighted by molar-refractivity contribution is 7.99. The van der Waals surface area contributed by atoms with Gasteiger partial charge >= 0.3 is 0 Å². The van der Waals surface area contributed by atoms with E-state index in [-0.39, 0.29) is 0 Å². The van der Waals surface area contributed by atoms with Crippen molar-refractivity contribution in [2.75, 3.05) is 26.3 Å². The fourth-order valence-electron chi connectivity index (χ4n) is 1.66. The van der Waals surface area contributed by atoms with Crippen LogP contribution in [0.4, 0.5) is 0 Å². The van der Waals surface area contributed by atoms with Gasteiger partial charge in [0.15, 0.2) is 0 Å². The molecule has 1 unspecified atom stereocenters. The van der Waals surface area contributed by atoms with Crippen LogP contribution < -0.4 is 5.32 Å². The van der Waals surface area contributed by atoms with Gasteiger partial charge in [0.25, 0.3) is 0 Å². The SMILES string of the molecule is CCCNCCn1nnnc1SC1CCOC1. The molecule has 7 heteroatoms. The molecule has 1 aliphatic heterocycles. The fourth-order valence-corrected chi connectivity index (χ4v) is 2.67. The minimum Gasteiger partial charge on any atom is -0.380 e. The van der Waals surface area contributed by atoms with E-state index in [0.717, 1.165) is 50.8 Å². The van der Waals surface area contributed by atoms with Gasteiger partial charge in [0, 0.05) is 18.4 Å². The number of hydrogen-bond acceptors (Lipinski definition) is 6. The lowest BCUT2D eigenvalue weighted by atomic mass is 10.4. The predicted octanol–water partition coefficient (Wildman–Crippen LogP) is 0.554. The Kier molecular flexibility index (Phi) is 5.21. The zero-order valence-electron chi connectivity index (χ0n) is 10.1. The molecule has 0 radical (unpaired) electrons. The van der Waals surface area contributed by atoms with E-state index in [0.29, 0.717) is 5.25 Å². The maximum absolute atomic E-state index is 5.35. The first-order chi connectivity index (χ1) is 8.40. The molecule has 1 fully saturated rings. The monoisotopic (exact) mass is 257 g/mol. The minimum absolute atomic E-state index is 0.503. The number of nitrogens with one attached hydrogen (secondary N) is 1. The Balaban J connectivity index is 1.79. The van der Waals surface area contributed by atoms with Gasteiger partial charge in [0.05, 0.1) is 13.2 Å². The van der Waals surface area contributed by atoms with Crippen molar-refractivity contribution in [3.8, 4) is 0 Å². The Bertz CT molecular complexity index is 326. The highest BCUT2D eigenvalue weighted by atomic mass is 32.2. The first kappa shape index (κ1) is 12.8. The van der Waals surface area contributed by atoms with Gasteiger partial charge in [-0.15, -0.1) is 5.10 Å². The summed E-state index contributed by atoms with van der Waals surface area (Å²) in [7, 11) is 0. The number of rotatable bonds is 7. The molecule has 1 aromatic rings. The van der Waals surface area contributed by atoms with E-state index in [9.17, 15) is 0 Å². The molecule has 1 N–H and O–H groups in total. The molecule has 1 saturated heterocycles. The van der Waals surface area contributed by atoms with Crippen LogP contribution in [-0.4, -0.2) is 51.8 Å². The summed E-state index contributed by atoms with van der Waals surface area (Å²) in [5.41, 5.74) is 0. The van der Waals surface area contributed by atoms with Crippen molar-refractivity contribution < 1.29 is 4.74 Å². The Morgan fingerprint density at radius 1 is 1.53 bits per heavy atom. The van der Waals surface area contributed by atoms with Crippen molar-refractivity contribution in [3.63, 3.8) is 0 Å². The Morgan fingerprint density at radius 3 is 3.24 bits per heavy atom. The molecule has 0 amide bonds. The molecular weight excluding hydrogens is 238 g/mol. The average molecular weight is 257 g/mol. The molecular formula is C10H19N5OS. The Morgan fingerprint density at radius 2 is 2.47 bits per heavy atom. The van der Waals surface area contributed by atoms with Crippen LogP contribution in [-0.2, 0) is 11.3 Å². The van der Waals surface area contributed by atoms with E-state index < -0.39 is 0 Å². The predicted molar refractivity (Wildman–Crippen MR) is 66.1 cm³/mol. The summed E-state index contributed by atoms with van der Waals surface area (Å²) in [5.74, 6) is 0. The van der Waals surface area contributed by atoms with E-state index in [1.54, 1.807) is 11.8 Å². The third-order valence-corrected chi connectivity index (χ3v) is 3.79. The maximum atomic E-state index is 5.35. The van der Waals surface area contributed by atoms with E-state index in [4.69, 9.17) is 4.74 Å². The first-order valence-corrected chi connectivity index (χ1v) is 6.99. The number of nitrogens with zero attached hydrogens (tertiary/aromatic N) is 4. The fraction of sp³-hybridized carbons (Fsp3) is 0.900. The average Bonchev–Trinajstić information content (AvgIpc) is 2.97. The molecule has 0 saturated carbocycles. The molecule has 96 valence electrons. The van der Waals surface area contributed by atoms with E-state index in [1.165, 1.54) is 0 Å². The Labute approximate surface area is 105 Å².